The van der Waals surface area contributed by atoms with Gasteiger partial charge in [0, 0.05) is 24.2 Å². The number of amides is 1. The van der Waals surface area contributed by atoms with E-state index >= 15 is 0 Å². The first kappa shape index (κ1) is 18.6. The van der Waals surface area contributed by atoms with Crippen LogP contribution >= 0.6 is 0 Å². The molecule has 1 aromatic heterocycles. The summed E-state index contributed by atoms with van der Waals surface area (Å²) in [5, 5.41) is 0. The number of aromatic nitrogens is 1. The molecule has 1 aromatic carbocycles. The highest BCUT2D eigenvalue weighted by Gasteiger charge is 2.33. The number of carbonyl (C=O) groups is 2. The standard InChI is InChI=1S/C22H26N2O4/c1-13-20(15(3)25)14(2)23-21(13)22(26)24-9-4-6-17(24)16-7-8-18-19(12-16)28-11-5-10-27-18/h7-8,12,17,23H,4-6,9-11H2,1-3H3/t17-/m1/s1. The third-order valence-electron chi connectivity index (χ3n) is 5.67. The van der Waals surface area contributed by atoms with Crippen molar-refractivity contribution in [3.63, 3.8) is 0 Å². The summed E-state index contributed by atoms with van der Waals surface area (Å²) < 4.78 is 11.5. The van der Waals surface area contributed by atoms with Gasteiger partial charge < -0.3 is 19.4 Å². The van der Waals surface area contributed by atoms with Crippen LogP contribution in [0.5, 0.6) is 11.5 Å². The molecule has 148 valence electrons. The van der Waals surface area contributed by atoms with Gasteiger partial charge in [0.25, 0.3) is 5.91 Å². The molecule has 0 saturated carbocycles. The van der Waals surface area contributed by atoms with Crippen LogP contribution in [0.15, 0.2) is 18.2 Å². The molecule has 6 nitrogen and oxygen atoms in total. The molecule has 2 aliphatic heterocycles. The van der Waals surface area contributed by atoms with Crippen LogP contribution in [0.1, 0.15) is 69.9 Å². The number of hydrogen-bond acceptors (Lipinski definition) is 4. The van der Waals surface area contributed by atoms with Gasteiger partial charge in [0.1, 0.15) is 5.69 Å². The minimum Gasteiger partial charge on any atom is -0.490 e. The monoisotopic (exact) mass is 382 g/mol. The van der Waals surface area contributed by atoms with E-state index in [0.717, 1.165) is 47.6 Å². The first-order chi connectivity index (χ1) is 13.5. The molecule has 0 aliphatic carbocycles. The van der Waals surface area contributed by atoms with Gasteiger partial charge >= 0.3 is 0 Å². The third-order valence-corrected chi connectivity index (χ3v) is 5.67. The molecular formula is C22H26N2O4. The molecule has 3 heterocycles. The number of carbonyl (C=O) groups excluding carboxylic acids is 2. The van der Waals surface area contributed by atoms with E-state index in [4.69, 9.17) is 9.47 Å². The summed E-state index contributed by atoms with van der Waals surface area (Å²) in [4.78, 5) is 30.3. The van der Waals surface area contributed by atoms with Crippen molar-refractivity contribution in [1.29, 1.82) is 0 Å². The summed E-state index contributed by atoms with van der Waals surface area (Å²) in [5.41, 5.74) is 3.68. The molecule has 4 rings (SSSR count). The largest absolute Gasteiger partial charge is 0.490 e. The minimum absolute atomic E-state index is 0.00608. The number of rotatable bonds is 3. The van der Waals surface area contributed by atoms with Crippen LogP contribution in [-0.4, -0.2) is 41.3 Å². The van der Waals surface area contributed by atoms with E-state index in [1.54, 1.807) is 0 Å². The fraction of sp³-hybridized carbons (Fsp3) is 0.455. The fourth-order valence-electron chi connectivity index (χ4n) is 4.38. The Morgan fingerprint density at radius 2 is 1.86 bits per heavy atom. The lowest BCUT2D eigenvalue weighted by Gasteiger charge is -2.25. The minimum atomic E-state index is -0.0530. The molecule has 1 fully saturated rings. The lowest BCUT2D eigenvalue weighted by molar-refractivity contribution is 0.0729. The highest BCUT2D eigenvalue weighted by atomic mass is 16.5. The Labute approximate surface area is 164 Å². The van der Waals surface area contributed by atoms with Crippen molar-refractivity contribution < 1.29 is 19.1 Å². The Kier molecular flexibility index (Phi) is 4.87. The normalized spacial score (nSPS) is 18.8. The van der Waals surface area contributed by atoms with E-state index in [1.807, 2.05) is 36.9 Å². The Morgan fingerprint density at radius 1 is 1.11 bits per heavy atom. The fourth-order valence-corrected chi connectivity index (χ4v) is 4.38. The van der Waals surface area contributed by atoms with Gasteiger partial charge in [-0.15, -0.1) is 0 Å². The van der Waals surface area contributed by atoms with Crippen LogP contribution in [0.3, 0.4) is 0 Å². The molecule has 1 amide bonds. The van der Waals surface area contributed by atoms with Crippen molar-refractivity contribution in [2.75, 3.05) is 19.8 Å². The topological polar surface area (TPSA) is 71.6 Å². The molecule has 0 spiro atoms. The zero-order valence-electron chi connectivity index (χ0n) is 16.6. The van der Waals surface area contributed by atoms with Gasteiger partial charge in [0.15, 0.2) is 17.3 Å². The number of aromatic amines is 1. The highest BCUT2D eigenvalue weighted by molar-refractivity contribution is 6.02. The molecule has 0 radical (unpaired) electrons. The van der Waals surface area contributed by atoms with Crippen LogP contribution < -0.4 is 9.47 Å². The summed E-state index contributed by atoms with van der Waals surface area (Å²) in [6.45, 7) is 7.21. The Hall–Kier alpha value is -2.76. The van der Waals surface area contributed by atoms with Crippen molar-refractivity contribution in [1.82, 2.24) is 9.88 Å². The number of H-pyrrole nitrogens is 1. The van der Waals surface area contributed by atoms with Crippen molar-refractivity contribution in [2.45, 2.75) is 46.1 Å². The quantitative estimate of drug-likeness (QED) is 0.816. The molecule has 1 N–H and O–H groups in total. The number of likely N-dealkylation sites (tertiary alicyclic amines) is 1. The SMILES string of the molecule is CC(=O)c1c(C)[nH]c(C(=O)N2CCC[C@@H]2c2ccc3c(c2)OCCCO3)c1C. The van der Waals surface area contributed by atoms with Gasteiger partial charge in [-0.05, 0) is 56.9 Å². The lowest BCUT2D eigenvalue weighted by atomic mass is 10.0. The second-order valence-corrected chi connectivity index (χ2v) is 7.59. The second-order valence-electron chi connectivity index (χ2n) is 7.59. The van der Waals surface area contributed by atoms with E-state index in [9.17, 15) is 9.59 Å². The average Bonchev–Trinajstić information content (AvgIpc) is 3.18. The first-order valence-electron chi connectivity index (χ1n) is 9.88. The Balaban J connectivity index is 1.64. The lowest BCUT2D eigenvalue weighted by Crippen LogP contribution is -2.31. The number of benzene rings is 1. The van der Waals surface area contributed by atoms with Crippen LogP contribution in [0.2, 0.25) is 0 Å². The summed E-state index contributed by atoms with van der Waals surface area (Å²) in [6, 6.07) is 5.96. The van der Waals surface area contributed by atoms with Crippen molar-refractivity contribution >= 4 is 11.7 Å². The first-order valence-corrected chi connectivity index (χ1v) is 9.88. The van der Waals surface area contributed by atoms with Crippen molar-refractivity contribution in [2.24, 2.45) is 0 Å². The molecule has 0 bridgehead atoms. The number of ketones is 1. The van der Waals surface area contributed by atoms with Crippen LogP contribution in [-0.2, 0) is 0 Å². The summed E-state index contributed by atoms with van der Waals surface area (Å²) in [6.07, 6.45) is 2.72. The maximum absolute atomic E-state index is 13.3. The number of hydrogen-bond donors (Lipinski definition) is 1. The molecule has 28 heavy (non-hydrogen) atoms. The number of nitrogens with one attached hydrogen (secondary N) is 1. The predicted molar refractivity (Wildman–Crippen MR) is 105 cm³/mol. The molecule has 1 saturated heterocycles. The number of fused-ring (bicyclic) bond motifs is 1. The van der Waals surface area contributed by atoms with E-state index in [2.05, 4.69) is 4.98 Å². The molecule has 2 aromatic rings. The second kappa shape index (κ2) is 7.34. The summed E-state index contributed by atoms with van der Waals surface area (Å²) >= 11 is 0. The number of nitrogens with zero attached hydrogens (tertiary/aromatic N) is 1. The van der Waals surface area contributed by atoms with Gasteiger partial charge in [-0.1, -0.05) is 6.07 Å². The Morgan fingerprint density at radius 3 is 2.57 bits per heavy atom. The summed E-state index contributed by atoms with van der Waals surface area (Å²) in [7, 11) is 0. The number of aryl methyl sites for hydroxylation is 1. The van der Waals surface area contributed by atoms with Gasteiger partial charge in [0.05, 0.1) is 19.3 Å². The van der Waals surface area contributed by atoms with Gasteiger partial charge in [-0.3, -0.25) is 9.59 Å². The van der Waals surface area contributed by atoms with Gasteiger partial charge in [-0.2, -0.15) is 0 Å². The molecule has 0 unspecified atom stereocenters. The molecule has 1 atom stereocenters. The molecule has 2 aliphatic rings. The van der Waals surface area contributed by atoms with E-state index in [-0.39, 0.29) is 17.7 Å². The van der Waals surface area contributed by atoms with Crippen LogP contribution in [0, 0.1) is 13.8 Å². The predicted octanol–water partition coefficient (Wildman–Crippen LogP) is 3.97. The zero-order valence-corrected chi connectivity index (χ0v) is 16.6. The molecular weight excluding hydrogens is 356 g/mol. The third kappa shape index (κ3) is 3.17. The highest BCUT2D eigenvalue weighted by Crippen LogP contribution is 2.38. The summed E-state index contributed by atoms with van der Waals surface area (Å²) in [5.74, 6) is 1.44. The van der Waals surface area contributed by atoms with Gasteiger partial charge in [0.2, 0.25) is 0 Å². The van der Waals surface area contributed by atoms with Crippen LogP contribution in [0.25, 0.3) is 0 Å². The van der Waals surface area contributed by atoms with Gasteiger partial charge in [-0.25, -0.2) is 0 Å². The van der Waals surface area contributed by atoms with Crippen molar-refractivity contribution in [3.8, 4) is 11.5 Å². The van der Waals surface area contributed by atoms with E-state index < -0.39 is 0 Å². The number of ether oxygens (including phenoxy) is 2. The smallest absolute Gasteiger partial charge is 0.271 e. The molecule has 6 heteroatoms. The average molecular weight is 382 g/mol. The van der Waals surface area contributed by atoms with E-state index in [1.165, 1.54) is 6.92 Å². The maximum Gasteiger partial charge on any atom is 0.271 e. The zero-order chi connectivity index (χ0) is 19.8. The van der Waals surface area contributed by atoms with Crippen LogP contribution in [0.4, 0.5) is 0 Å². The van der Waals surface area contributed by atoms with E-state index in [0.29, 0.717) is 31.0 Å². The van der Waals surface area contributed by atoms with Crippen molar-refractivity contribution in [3.05, 3.63) is 46.3 Å². The number of Topliss-reactive ketones (excluding diaryl/α,β-unsaturated/α-hetero) is 1. The maximum atomic E-state index is 13.3. The Bertz CT molecular complexity index is 931.